The van der Waals surface area contributed by atoms with E-state index in [0.29, 0.717) is 12.0 Å². The van der Waals surface area contributed by atoms with Crippen molar-refractivity contribution in [3.63, 3.8) is 0 Å². The molecule has 0 aromatic rings. The van der Waals surface area contributed by atoms with Gasteiger partial charge in [-0.05, 0) is 51.2 Å². The summed E-state index contributed by atoms with van der Waals surface area (Å²) in [7, 11) is 0. The molecular weight excluding hydrogens is 238 g/mol. The monoisotopic (exact) mass is 269 g/mol. The quantitative estimate of drug-likeness (QED) is 0.778. The molecule has 0 aromatic heterocycles. The lowest BCUT2D eigenvalue weighted by atomic mass is 9.97. The highest BCUT2D eigenvalue weighted by Gasteiger charge is 2.33. The molecule has 2 saturated heterocycles. The zero-order chi connectivity index (χ0) is 13.8. The van der Waals surface area contributed by atoms with Gasteiger partial charge in [-0.1, -0.05) is 13.8 Å². The first-order valence-electron chi connectivity index (χ1n) is 7.96. The predicted molar refractivity (Wildman–Crippen MR) is 79.1 cm³/mol. The van der Waals surface area contributed by atoms with Gasteiger partial charge in [-0.3, -0.25) is 9.80 Å². The lowest BCUT2D eigenvalue weighted by Crippen LogP contribution is -2.52. The van der Waals surface area contributed by atoms with Crippen LogP contribution in [0.1, 0.15) is 39.5 Å². The van der Waals surface area contributed by atoms with Crippen molar-refractivity contribution in [2.75, 3.05) is 32.8 Å². The first kappa shape index (κ1) is 15.2. The molecular formula is C15H31N3O. The second-order valence-corrected chi connectivity index (χ2v) is 6.72. The molecule has 2 aliphatic rings. The molecule has 0 aliphatic carbocycles. The van der Waals surface area contributed by atoms with Crippen molar-refractivity contribution in [2.45, 2.75) is 57.7 Å². The summed E-state index contributed by atoms with van der Waals surface area (Å²) in [6, 6.07) is 0.934. The molecule has 3 unspecified atom stereocenters. The molecule has 0 spiro atoms. The second-order valence-electron chi connectivity index (χ2n) is 6.72. The summed E-state index contributed by atoms with van der Waals surface area (Å²) < 4.78 is 0. The van der Waals surface area contributed by atoms with Crippen molar-refractivity contribution in [1.82, 2.24) is 9.80 Å². The SMILES string of the molecule is CC(C)CC(N)C(CO)N1CCCN2CCCC2C1. The van der Waals surface area contributed by atoms with Gasteiger partial charge in [0.1, 0.15) is 0 Å². The Morgan fingerprint density at radius 1 is 1.21 bits per heavy atom. The largest absolute Gasteiger partial charge is 0.395 e. The number of hydrogen-bond donors (Lipinski definition) is 2. The molecule has 2 aliphatic heterocycles. The van der Waals surface area contributed by atoms with Crippen LogP contribution >= 0.6 is 0 Å². The molecule has 2 rings (SSSR count). The van der Waals surface area contributed by atoms with E-state index in [2.05, 4.69) is 23.6 Å². The van der Waals surface area contributed by atoms with E-state index in [4.69, 9.17) is 5.73 Å². The van der Waals surface area contributed by atoms with Crippen molar-refractivity contribution in [3.05, 3.63) is 0 Å². The van der Waals surface area contributed by atoms with Crippen LogP contribution in [-0.4, -0.2) is 65.8 Å². The smallest absolute Gasteiger partial charge is 0.0601 e. The fourth-order valence-electron chi connectivity index (χ4n) is 3.76. The van der Waals surface area contributed by atoms with Crippen molar-refractivity contribution >= 4 is 0 Å². The molecule has 19 heavy (non-hydrogen) atoms. The van der Waals surface area contributed by atoms with Crippen LogP contribution in [0.15, 0.2) is 0 Å². The van der Waals surface area contributed by atoms with Gasteiger partial charge in [0.25, 0.3) is 0 Å². The summed E-state index contributed by atoms with van der Waals surface area (Å²) in [6.07, 6.45) is 4.85. The molecule has 3 atom stereocenters. The van der Waals surface area contributed by atoms with Crippen molar-refractivity contribution < 1.29 is 5.11 Å². The minimum absolute atomic E-state index is 0.0953. The number of rotatable bonds is 5. The topological polar surface area (TPSA) is 52.7 Å². The number of nitrogens with zero attached hydrogens (tertiary/aromatic N) is 2. The third kappa shape index (κ3) is 3.91. The first-order valence-corrected chi connectivity index (χ1v) is 7.96. The van der Waals surface area contributed by atoms with Gasteiger partial charge in [0.2, 0.25) is 0 Å². The summed E-state index contributed by atoms with van der Waals surface area (Å²) in [6.45, 7) is 9.27. The van der Waals surface area contributed by atoms with Crippen molar-refractivity contribution in [3.8, 4) is 0 Å². The maximum Gasteiger partial charge on any atom is 0.0601 e. The Balaban J connectivity index is 1.96. The van der Waals surface area contributed by atoms with E-state index in [1.807, 2.05) is 0 Å². The fraction of sp³-hybridized carbons (Fsp3) is 1.00. The van der Waals surface area contributed by atoms with Gasteiger partial charge in [-0.25, -0.2) is 0 Å². The average Bonchev–Trinajstić information content (AvgIpc) is 2.68. The van der Waals surface area contributed by atoms with Crippen LogP contribution in [-0.2, 0) is 0 Å². The minimum Gasteiger partial charge on any atom is -0.395 e. The zero-order valence-electron chi connectivity index (χ0n) is 12.6. The summed E-state index contributed by atoms with van der Waals surface area (Å²) >= 11 is 0. The average molecular weight is 269 g/mol. The molecule has 2 fully saturated rings. The Morgan fingerprint density at radius 2 is 1.95 bits per heavy atom. The number of hydrogen-bond acceptors (Lipinski definition) is 4. The van der Waals surface area contributed by atoms with Gasteiger partial charge in [0.15, 0.2) is 0 Å². The third-order valence-corrected chi connectivity index (χ3v) is 4.73. The molecule has 4 heteroatoms. The van der Waals surface area contributed by atoms with E-state index in [-0.39, 0.29) is 18.7 Å². The van der Waals surface area contributed by atoms with E-state index in [1.54, 1.807) is 0 Å². The van der Waals surface area contributed by atoms with E-state index in [9.17, 15) is 5.11 Å². The van der Waals surface area contributed by atoms with Crippen LogP contribution in [0.4, 0.5) is 0 Å². The summed E-state index contributed by atoms with van der Waals surface area (Å²) in [5, 5.41) is 9.76. The van der Waals surface area contributed by atoms with Gasteiger partial charge in [0, 0.05) is 24.7 Å². The van der Waals surface area contributed by atoms with Crippen LogP contribution in [0.3, 0.4) is 0 Å². The van der Waals surface area contributed by atoms with E-state index in [0.717, 1.165) is 19.5 Å². The van der Waals surface area contributed by atoms with Crippen LogP contribution in [0.5, 0.6) is 0 Å². The highest BCUT2D eigenvalue weighted by molar-refractivity contribution is 4.90. The van der Waals surface area contributed by atoms with Gasteiger partial charge in [0.05, 0.1) is 6.61 Å². The lowest BCUT2D eigenvalue weighted by Gasteiger charge is -2.35. The minimum atomic E-state index is 0.0953. The Morgan fingerprint density at radius 3 is 2.63 bits per heavy atom. The number of nitrogens with two attached hydrogens (primary N) is 1. The Kier molecular flexibility index (Phi) is 5.63. The Bertz CT molecular complexity index is 272. The number of fused-ring (bicyclic) bond motifs is 1. The number of aliphatic hydroxyl groups is 1. The van der Waals surface area contributed by atoms with Crippen molar-refractivity contribution in [2.24, 2.45) is 11.7 Å². The van der Waals surface area contributed by atoms with E-state index >= 15 is 0 Å². The summed E-state index contributed by atoms with van der Waals surface area (Å²) in [5.41, 5.74) is 6.33. The molecule has 0 saturated carbocycles. The second kappa shape index (κ2) is 7.02. The highest BCUT2D eigenvalue weighted by Crippen LogP contribution is 2.23. The van der Waals surface area contributed by atoms with E-state index < -0.39 is 0 Å². The summed E-state index contributed by atoms with van der Waals surface area (Å²) in [4.78, 5) is 5.09. The predicted octanol–water partition coefficient (Wildman–Crippen LogP) is 0.891. The molecule has 0 bridgehead atoms. The molecule has 4 nitrogen and oxygen atoms in total. The number of aliphatic hydroxyl groups excluding tert-OH is 1. The van der Waals surface area contributed by atoms with E-state index in [1.165, 1.54) is 32.4 Å². The van der Waals surface area contributed by atoms with Gasteiger partial charge in [-0.2, -0.15) is 0 Å². The lowest BCUT2D eigenvalue weighted by molar-refractivity contribution is 0.0910. The van der Waals surface area contributed by atoms with Gasteiger partial charge in [-0.15, -0.1) is 0 Å². The van der Waals surface area contributed by atoms with Gasteiger partial charge >= 0.3 is 0 Å². The molecule has 2 heterocycles. The first-order chi connectivity index (χ1) is 9.11. The molecule has 0 radical (unpaired) electrons. The normalized spacial score (nSPS) is 29.2. The third-order valence-electron chi connectivity index (χ3n) is 4.73. The van der Waals surface area contributed by atoms with Crippen molar-refractivity contribution in [1.29, 1.82) is 0 Å². The maximum absolute atomic E-state index is 9.76. The van der Waals surface area contributed by atoms with Crippen LogP contribution in [0.2, 0.25) is 0 Å². The summed E-state index contributed by atoms with van der Waals surface area (Å²) in [5.74, 6) is 0.596. The van der Waals surface area contributed by atoms with Crippen LogP contribution in [0.25, 0.3) is 0 Å². The zero-order valence-corrected chi connectivity index (χ0v) is 12.6. The Labute approximate surface area is 117 Å². The molecule has 3 N–H and O–H groups in total. The molecule has 0 amide bonds. The van der Waals surface area contributed by atoms with Crippen LogP contribution in [0, 0.1) is 5.92 Å². The standard InChI is InChI=1S/C15H31N3O/c1-12(2)9-14(16)15(11-19)18-8-4-7-17-6-3-5-13(17)10-18/h12-15,19H,3-11,16H2,1-2H3. The Hall–Kier alpha value is -0.160. The maximum atomic E-state index is 9.76. The fourth-order valence-corrected chi connectivity index (χ4v) is 3.76. The van der Waals surface area contributed by atoms with Gasteiger partial charge < -0.3 is 10.8 Å². The van der Waals surface area contributed by atoms with Crippen LogP contribution < -0.4 is 5.73 Å². The molecule has 112 valence electrons. The highest BCUT2D eigenvalue weighted by atomic mass is 16.3. The molecule has 0 aromatic carbocycles.